The second kappa shape index (κ2) is 7.33. The second-order valence-corrected chi connectivity index (χ2v) is 6.81. The van der Waals surface area contributed by atoms with Gasteiger partial charge in [0.25, 0.3) is 0 Å². The first kappa shape index (κ1) is 18.2. The predicted octanol–water partition coefficient (Wildman–Crippen LogP) is 2.01. The van der Waals surface area contributed by atoms with Crippen molar-refractivity contribution in [3.8, 4) is 0 Å². The van der Waals surface area contributed by atoms with Crippen LogP contribution in [0.3, 0.4) is 0 Å². The van der Waals surface area contributed by atoms with Gasteiger partial charge < -0.3 is 20.6 Å². The number of nitrogens with zero attached hydrogens (tertiary/aromatic N) is 3. The molecule has 2 fully saturated rings. The van der Waals surface area contributed by atoms with Gasteiger partial charge in [0.15, 0.2) is 5.69 Å². The molecule has 3 N–H and O–H groups in total. The van der Waals surface area contributed by atoms with Crippen molar-refractivity contribution in [2.24, 2.45) is 0 Å². The van der Waals surface area contributed by atoms with Crippen molar-refractivity contribution in [2.75, 3.05) is 42.9 Å². The van der Waals surface area contributed by atoms with E-state index in [2.05, 4.69) is 20.6 Å². The van der Waals surface area contributed by atoms with Crippen molar-refractivity contribution < 1.29 is 18.3 Å². The maximum atomic E-state index is 13.2. The molecule has 0 unspecified atom stereocenters. The minimum absolute atomic E-state index is 0.101. The molecule has 0 bridgehead atoms. The van der Waals surface area contributed by atoms with Gasteiger partial charge in [-0.05, 0) is 45.2 Å². The van der Waals surface area contributed by atoms with Gasteiger partial charge in [-0.25, -0.2) is 4.98 Å². The molecular formula is C16H24F3N5O. The smallest absolute Gasteiger partial charge is 0.388 e. The molecule has 0 aliphatic carbocycles. The van der Waals surface area contributed by atoms with Crippen LogP contribution in [0.25, 0.3) is 0 Å². The molecule has 3 rings (SSSR count). The quantitative estimate of drug-likeness (QED) is 0.764. The van der Waals surface area contributed by atoms with Crippen LogP contribution in [-0.4, -0.2) is 53.4 Å². The lowest BCUT2D eigenvalue weighted by atomic mass is 9.95. The van der Waals surface area contributed by atoms with Crippen LogP contribution in [-0.2, 0) is 6.18 Å². The van der Waals surface area contributed by atoms with E-state index in [1.807, 2.05) is 0 Å². The number of alkyl halides is 3. The second-order valence-electron chi connectivity index (χ2n) is 6.81. The first-order chi connectivity index (χ1) is 11.9. The molecule has 2 saturated heterocycles. The van der Waals surface area contributed by atoms with Gasteiger partial charge in [-0.1, -0.05) is 0 Å². The largest absolute Gasteiger partial charge is 0.433 e. The topological polar surface area (TPSA) is 73.3 Å². The summed E-state index contributed by atoms with van der Waals surface area (Å²) in [6.07, 6.45) is -0.699. The number of rotatable bonds is 4. The lowest BCUT2D eigenvalue weighted by Crippen LogP contribution is -2.38. The van der Waals surface area contributed by atoms with E-state index in [4.69, 9.17) is 0 Å². The molecule has 6 nitrogen and oxygen atoms in total. The van der Waals surface area contributed by atoms with Crippen LogP contribution in [0.4, 0.5) is 24.9 Å². The monoisotopic (exact) mass is 359 g/mol. The van der Waals surface area contributed by atoms with Crippen molar-refractivity contribution >= 4 is 11.8 Å². The number of hydrogen-bond acceptors (Lipinski definition) is 6. The van der Waals surface area contributed by atoms with Gasteiger partial charge in [0.05, 0.1) is 5.60 Å². The molecule has 0 radical (unpaired) electrons. The van der Waals surface area contributed by atoms with Crippen LogP contribution >= 0.6 is 0 Å². The number of anilines is 2. The van der Waals surface area contributed by atoms with Crippen LogP contribution in [0.1, 0.15) is 37.8 Å². The Kier molecular flexibility index (Phi) is 5.33. The van der Waals surface area contributed by atoms with Gasteiger partial charge in [0.1, 0.15) is 5.82 Å². The average molecular weight is 359 g/mol. The Balaban J connectivity index is 1.78. The first-order valence-corrected chi connectivity index (χ1v) is 8.74. The van der Waals surface area contributed by atoms with Crippen LogP contribution in [0.2, 0.25) is 0 Å². The highest BCUT2D eigenvalue weighted by Gasteiger charge is 2.35. The molecule has 1 atom stereocenters. The lowest BCUT2D eigenvalue weighted by molar-refractivity contribution is -0.141. The number of hydrogen-bond donors (Lipinski definition) is 3. The molecule has 9 heteroatoms. The summed E-state index contributed by atoms with van der Waals surface area (Å²) >= 11 is 0. The van der Waals surface area contributed by atoms with E-state index in [1.165, 1.54) is 0 Å². The van der Waals surface area contributed by atoms with E-state index < -0.39 is 17.5 Å². The van der Waals surface area contributed by atoms with E-state index in [0.29, 0.717) is 32.5 Å². The highest BCUT2D eigenvalue weighted by Crippen LogP contribution is 2.31. The number of halogens is 3. The molecule has 1 aromatic rings. The Morgan fingerprint density at radius 1 is 1.16 bits per heavy atom. The molecule has 0 saturated carbocycles. The Hall–Kier alpha value is -1.61. The minimum atomic E-state index is -4.53. The molecule has 3 heterocycles. The van der Waals surface area contributed by atoms with Crippen molar-refractivity contribution in [2.45, 2.75) is 43.9 Å². The normalized spacial score (nSPS) is 25.0. The zero-order valence-electron chi connectivity index (χ0n) is 14.1. The predicted molar refractivity (Wildman–Crippen MR) is 88.6 cm³/mol. The zero-order valence-corrected chi connectivity index (χ0v) is 14.1. The molecule has 2 aliphatic rings. The van der Waals surface area contributed by atoms with E-state index in [1.54, 1.807) is 4.90 Å². The van der Waals surface area contributed by atoms with Crippen LogP contribution < -0.4 is 15.5 Å². The van der Waals surface area contributed by atoms with Gasteiger partial charge in [-0.15, -0.1) is 0 Å². The summed E-state index contributed by atoms with van der Waals surface area (Å²) in [5.41, 5.74) is -1.90. The molecule has 1 aromatic heterocycles. The molecule has 2 aliphatic heterocycles. The lowest BCUT2D eigenvalue weighted by Gasteiger charge is -2.27. The van der Waals surface area contributed by atoms with Crippen molar-refractivity contribution in [1.82, 2.24) is 15.3 Å². The van der Waals surface area contributed by atoms with Gasteiger partial charge in [0.2, 0.25) is 5.95 Å². The van der Waals surface area contributed by atoms with Gasteiger partial charge in [-0.3, -0.25) is 0 Å². The average Bonchev–Trinajstić information content (AvgIpc) is 3.02. The van der Waals surface area contributed by atoms with E-state index in [-0.39, 0.29) is 18.3 Å². The fourth-order valence-electron chi connectivity index (χ4n) is 3.27. The van der Waals surface area contributed by atoms with Crippen LogP contribution in [0.5, 0.6) is 0 Å². The maximum Gasteiger partial charge on any atom is 0.433 e. The molecule has 0 amide bonds. The van der Waals surface area contributed by atoms with Gasteiger partial charge >= 0.3 is 6.18 Å². The third-order valence-corrected chi connectivity index (χ3v) is 4.76. The summed E-state index contributed by atoms with van der Waals surface area (Å²) in [6.45, 7) is 3.02. The molecule has 140 valence electrons. The number of aliphatic hydroxyl groups is 1. The van der Waals surface area contributed by atoms with Crippen LogP contribution in [0, 0.1) is 0 Å². The van der Waals surface area contributed by atoms with Crippen LogP contribution in [0.15, 0.2) is 6.07 Å². The van der Waals surface area contributed by atoms with Crippen molar-refractivity contribution in [3.63, 3.8) is 0 Å². The first-order valence-electron chi connectivity index (χ1n) is 8.74. The third-order valence-electron chi connectivity index (χ3n) is 4.76. The Morgan fingerprint density at radius 2 is 1.92 bits per heavy atom. The van der Waals surface area contributed by atoms with Gasteiger partial charge in [0, 0.05) is 25.7 Å². The van der Waals surface area contributed by atoms with Crippen molar-refractivity contribution in [1.29, 1.82) is 0 Å². The van der Waals surface area contributed by atoms with Gasteiger partial charge in [-0.2, -0.15) is 18.2 Å². The fourth-order valence-corrected chi connectivity index (χ4v) is 3.27. The summed E-state index contributed by atoms with van der Waals surface area (Å²) in [7, 11) is 0. The number of nitrogens with one attached hydrogen (secondary N) is 2. The SMILES string of the molecule is O[C@@]1(CNc2cc(C(F)(F)F)nc(N3CCCC3)n2)CCCNCC1. The van der Waals surface area contributed by atoms with E-state index in [9.17, 15) is 18.3 Å². The Labute approximate surface area is 144 Å². The molecular weight excluding hydrogens is 335 g/mol. The highest BCUT2D eigenvalue weighted by molar-refractivity contribution is 5.45. The Morgan fingerprint density at radius 3 is 2.64 bits per heavy atom. The summed E-state index contributed by atoms with van der Waals surface area (Å²) in [5.74, 6) is 0.208. The summed E-state index contributed by atoms with van der Waals surface area (Å²) in [5, 5.41) is 16.8. The third kappa shape index (κ3) is 4.72. The maximum absolute atomic E-state index is 13.2. The summed E-state index contributed by atoms with van der Waals surface area (Å²) in [6, 6.07) is 0.915. The summed E-state index contributed by atoms with van der Waals surface area (Å²) in [4.78, 5) is 9.70. The zero-order chi connectivity index (χ0) is 17.9. The standard InChI is InChI=1S/C16H24F3N5O/c17-16(18,19)12-10-13(23-14(22-12)24-8-1-2-9-24)21-11-15(25)4-3-6-20-7-5-15/h10,20,25H,1-9,11H2,(H,21,22,23)/t15-/m0/s1. The molecule has 0 aromatic carbocycles. The minimum Gasteiger partial charge on any atom is -0.388 e. The van der Waals surface area contributed by atoms with E-state index >= 15 is 0 Å². The Bertz CT molecular complexity index is 582. The fraction of sp³-hybridized carbons (Fsp3) is 0.750. The molecule has 25 heavy (non-hydrogen) atoms. The number of aromatic nitrogens is 2. The molecule has 0 spiro atoms. The summed E-state index contributed by atoms with van der Waals surface area (Å²) < 4.78 is 39.5. The van der Waals surface area contributed by atoms with Crippen molar-refractivity contribution in [3.05, 3.63) is 11.8 Å². The van der Waals surface area contributed by atoms with E-state index in [0.717, 1.165) is 31.9 Å². The highest BCUT2D eigenvalue weighted by atomic mass is 19.4.